The second-order valence-electron chi connectivity index (χ2n) is 4.46. The lowest BCUT2D eigenvalue weighted by Crippen LogP contribution is -2.46. The van der Waals surface area contributed by atoms with Crippen molar-refractivity contribution in [3.8, 4) is 0 Å². The van der Waals surface area contributed by atoms with Crippen LogP contribution in [0.5, 0.6) is 0 Å². The van der Waals surface area contributed by atoms with E-state index in [1.165, 1.54) is 52.2 Å². The van der Waals surface area contributed by atoms with Gasteiger partial charge in [-0.15, -0.1) is 37.2 Å². The number of rotatable bonds is 2. The van der Waals surface area contributed by atoms with Crippen LogP contribution in [0.4, 0.5) is 0 Å². The van der Waals surface area contributed by atoms with Gasteiger partial charge in [0.25, 0.3) is 0 Å². The van der Waals surface area contributed by atoms with Crippen LogP contribution < -0.4 is 5.32 Å². The van der Waals surface area contributed by atoms with Crippen molar-refractivity contribution in [2.75, 3.05) is 52.9 Å². The number of nitrogens with one attached hydrogen (secondary N) is 1. The minimum absolute atomic E-state index is 0. The van der Waals surface area contributed by atoms with Gasteiger partial charge in [0, 0.05) is 32.7 Å². The Labute approximate surface area is 118 Å². The van der Waals surface area contributed by atoms with E-state index in [9.17, 15) is 0 Å². The SMILES string of the molecule is CN1CCN(CC2CCNC2)CC1.Cl.Cl.Cl. The molecule has 0 aromatic rings. The first-order chi connectivity index (χ1) is 6.34. The fourth-order valence-electron chi connectivity index (χ4n) is 2.27. The minimum Gasteiger partial charge on any atom is -0.316 e. The van der Waals surface area contributed by atoms with E-state index < -0.39 is 0 Å². The lowest BCUT2D eigenvalue weighted by molar-refractivity contribution is 0.139. The molecule has 0 radical (unpaired) electrons. The normalized spacial score (nSPS) is 26.4. The Hall–Kier alpha value is 0.750. The van der Waals surface area contributed by atoms with Gasteiger partial charge >= 0.3 is 0 Å². The zero-order chi connectivity index (χ0) is 9.10. The zero-order valence-corrected chi connectivity index (χ0v) is 12.3. The third-order valence-electron chi connectivity index (χ3n) is 3.27. The highest BCUT2D eigenvalue weighted by molar-refractivity contribution is 5.86. The molecule has 100 valence electrons. The molecule has 2 rings (SSSR count). The van der Waals surface area contributed by atoms with Gasteiger partial charge in [-0.25, -0.2) is 0 Å². The van der Waals surface area contributed by atoms with E-state index in [1.807, 2.05) is 0 Å². The summed E-state index contributed by atoms with van der Waals surface area (Å²) in [5.41, 5.74) is 0. The van der Waals surface area contributed by atoms with Gasteiger partial charge in [-0.2, -0.15) is 0 Å². The van der Waals surface area contributed by atoms with Crippen LogP contribution in [0.2, 0.25) is 0 Å². The molecule has 1 N–H and O–H groups in total. The Morgan fingerprint density at radius 2 is 1.69 bits per heavy atom. The average Bonchev–Trinajstić information content (AvgIpc) is 2.62. The molecule has 2 saturated heterocycles. The molecule has 2 aliphatic heterocycles. The van der Waals surface area contributed by atoms with Crippen molar-refractivity contribution >= 4 is 37.2 Å². The van der Waals surface area contributed by atoms with Gasteiger partial charge in [0.05, 0.1) is 0 Å². The second kappa shape index (κ2) is 9.75. The Morgan fingerprint density at radius 1 is 1.06 bits per heavy atom. The van der Waals surface area contributed by atoms with E-state index in [-0.39, 0.29) is 37.2 Å². The molecule has 6 heteroatoms. The van der Waals surface area contributed by atoms with E-state index in [4.69, 9.17) is 0 Å². The van der Waals surface area contributed by atoms with Crippen LogP contribution in [0.15, 0.2) is 0 Å². The molecular weight excluding hydrogens is 268 g/mol. The lowest BCUT2D eigenvalue weighted by Gasteiger charge is -2.33. The van der Waals surface area contributed by atoms with Crippen molar-refractivity contribution in [1.29, 1.82) is 0 Å². The lowest BCUT2D eigenvalue weighted by atomic mass is 10.1. The summed E-state index contributed by atoms with van der Waals surface area (Å²) in [5, 5.41) is 3.43. The Morgan fingerprint density at radius 3 is 2.19 bits per heavy atom. The molecule has 0 bridgehead atoms. The smallest absolute Gasteiger partial charge is 0.0110 e. The second-order valence-corrected chi connectivity index (χ2v) is 4.46. The Bertz CT molecular complexity index is 157. The molecule has 0 aliphatic carbocycles. The molecular formula is C10H24Cl3N3. The first-order valence-electron chi connectivity index (χ1n) is 5.46. The largest absolute Gasteiger partial charge is 0.316 e. The van der Waals surface area contributed by atoms with Gasteiger partial charge < -0.3 is 15.1 Å². The molecule has 1 unspecified atom stereocenters. The summed E-state index contributed by atoms with van der Waals surface area (Å²) in [4.78, 5) is 5.04. The number of nitrogens with zero attached hydrogens (tertiary/aromatic N) is 2. The first-order valence-corrected chi connectivity index (χ1v) is 5.46. The first kappa shape index (κ1) is 19.1. The van der Waals surface area contributed by atoms with Crippen molar-refractivity contribution in [1.82, 2.24) is 15.1 Å². The van der Waals surface area contributed by atoms with Crippen LogP contribution in [-0.4, -0.2) is 62.7 Å². The molecule has 0 amide bonds. The quantitative estimate of drug-likeness (QED) is 0.822. The van der Waals surface area contributed by atoms with E-state index in [0.29, 0.717) is 0 Å². The van der Waals surface area contributed by atoms with Crippen LogP contribution in [-0.2, 0) is 0 Å². The highest BCUT2D eigenvalue weighted by atomic mass is 35.5. The minimum atomic E-state index is 0. The van der Waals surface area contributed by atoms with E-state index in [2.05, 4.69) is 22.2 Å². The van der Waals surface area contributed by atoms with Crippen molar-refractivity contribution in [2.24, 2.45) is 5.92 Å². The van der Waals surface area contributed by atoms with Crippen LogP contribution in [0.3, 0.4) is 0 Å². The number of hydrogen-bond acceptors (Lipinski definition) is 3. The molecule has 1 atom stereocenters. The van der Waals surface area contributed by atoms with Crippen LogP contribution in [0, 0.1) is 5.92 Å². The van der Waals surface area contributed by atoms with Crippen LogP contribution in [0.25, 0.3) is 0 Å². The molecule has 0 saturated carbocycles. The number of hydrogen-bond donors (Lipinski definition) is 1. The molecule has 2 heterocycles. The molecule has 0 aromatic heterocycles. The Balaban J connectivity index is 0. The molecule has 0 aromatic carbocycles. The summed E-state index contributed by atoms with van der Waals surface area (Å²) in [6.45, 7) is 8.84. The molecule has 3 nitrogen and oxygen atoms in total. The van der Waals surface area contributed by atoms with E-state index in [1.54, 1.807) is 0 Å². The number of halogens is 3. The number of likely N-dealkylation sites (N-methyl/N-ethyl adjacent to an activating group) is 1. The Kier molecular flexibility index (Phi) is 11.6. The fourth-order valence-corrected chi connectivity index (χ4v) is 2.27. The zero-order valence-electron chi connectivity index (χ0n) is 9.85. The van der Waals surface area contributed by atoms with Gasteiger partial charge in [0.1, 0.15) is 0 Å². The molecule has 0 spiro atoms. The van der Waals surface area contributed by atoms with Gasteiger partial charge in [-0.05, 0) is 32.5 Å². The monoisotopic (exact) mass is 291 g/mol. The fraction of sp³-hybridized carbons (Fsp3) is 1.00. The summed E-state index contributed by atoms with van der Waals surface area (Å²) >= 11 is 0. The summed E-state index contributed by atoms with van der Waals surface area (Å²) in [6, 6.07) is 0. The third-order valence-corrected chi connectivity index (χ3v) is 3.27. The van der Waals surface area contributed by atoms with E-state index >= 15 is 0 Å². The highest BCUT2D eigenvalue weighted by Crippen LogP contribution is 2.10. The maximum atomic E-state index is 3.43. The summed E-state index contributed by atoms with van der Waals surface area (Å²) in [6.07, 6.45) is 1.38. The topological polar surface area (TPSA) is 18.5 Å². The van der Waals surface area contributed by atoms with Crippen molar-refractivity contribution in [3.63, 3.8) is 0 Å². The molecule has 2 fully saturated rings. The maximum absolute atomic E-state index is 3.43. The van der Waals surface area contributed by atoms with Crippen LogP contribution >= 0.6 is 37.2 Å². The predicted molar refractivity (Wildman–Crippen MR) is 76.7 cm³/mol. The van der Waals surface area contributed by atoms with Gasteiger partial charge in [0.2, 0.25) is 0 Å². The standard InChI is InChI=1S/C10H21N3.3ClH/c1-12-4-6-13(7-5-12)9-10-2-3-11-8-10;;;/h10-11H,2-9H2,1H3;3*1H. The molecule has 2 aliphatic rings. The summed E-state index contributed by atoms with van der Waals surface area (Å²) in [7, 11) is 2.22. The van der Waals surface area contributed by atoms with Crippen molar-refractivity contribution < 1.29 is 0 Å². The van der Waals surface area contributed by atoms with Gasteiger partial charge in [0.15, 0.2) is 0 Å². The predicted octanol–water partition coefficient (Wildman–Crippen LogP) is 1.11. The van der Waals surface area contributed by atoms with Crippen LogP contribution in [0.1, 0.15) is 6.42 Å². The average molecular weight is 293 g/mol. The summed E-state index contributed by atoms with van der Waals surface area (Å²) < 4.78 is 0. The van der Waals surface area contributed by atoms with Gasteiger partial charge in [-0.3, -0.25) is 0 Å². The third kappa shape index (κ3) is 5.89. The highest BCUT2D eigenvalue weighted by Gasteiger charge is 2.20. The van der Waals surface area contributed by atoms with Crippen molar-refractivity contribution in [3.05, 3.63) is 0 Å². The van der Waals surface area contributed by atoms with Crippen molar-refractivity contribution in [2.45, 2.75) is 6.42 Å². The van der Waals surface area contributed by atoms with Gasteiger partial charge in [-0.1, -0.05) is 0 Å². The number of piperazine rings is 1. The van der Waals surface area contributed by atoms with E-state index in [0.717, 1.165) is 5.92 Å². The maximum Gasteiger partial charge on any atom is 0.0110 e. The molecule has 16 heavy (non-hydrogen) atoms. The summed E-state index contributed by atoms with van der Waals surface area (Å²) in [5.74, 6) is 0.920.